The van der Waals surface area contributed by atoms with Crippen LogP contribution in [0.1, 0.15) is 18.1 Å². The molecule has 2 rings (SSSR count). The fourth-order valence-corrected chi connectivity index (χ4v) is 5.31. The molecule has 1 aliphatic rings. The standard InChI is InChI=1S/C14H18N2O2S2/c1-3-20(17,18)14-10-19-7-6-16(14)13-5-4-12(9-15)11(2)8-13/h4-5,8,14H,3,6-7,10H2,1-2H3. The van der Waals surface area contributed by atoms with Gasteiger partial charge in [0.05, 0.1) is 11.6 Å². The van der Waals surface area contributed by atoms with Crippen molar-refractivity contribution in [1.82, 2.24) is 0 Å². The van der Waals surface area contributed by atoms with E-state index in [9.17, 15) is 8.42 Å². The molecule has 6 heteroatoms. The van der Waals surface area contributed by atoms with Gasteiger partial charge in [-0.25, -0.2) is 8.42 Å². The second kappa shape index (κ2) is 6.06. The van der Waals surface area contributed by atoms with Crippen molar-refractivity contribution in [1.29, 1.82) is 5.26 Å². The van der Waals surface area contributed by atoms with Crippen LogP contribution >= 0.6 is 11.8 Å². The van der Waals surface area contributed by atoms with Gasteiger partial charge in [-0.3, -0.25) is 0 Å². The molecule has 0 spiro atoms. The maximum Gasteiger partial charge on any atom is 0.171 e. The first-order valence-corrected chi connectivity index (χ1v) is 9.43. The summed E-state index contributed by atoms with van der Waals surface area (Å²) >= 11 is 1.68. The van der Waals surface area contributed by atoms with Crippen molar-refractivity contribution in [3.63, 3.8) is 0 Å². The van der Waals surface area contributed by atoms with E-state index >= 15 is 0 Å². The van der Waals surface area contributed by atoms with Crippen LogP contribution in [-0.2, 0) is 9.84 Å². The Labute approximate surface area is 124 Å². The SMILES string of the molecule is CCS(=O)(=O)C1CSCCN1c1ccc(C#N)c(C)c1. The summed E-state index contributed by atoms with van der Waals surface area (Å²) in [6.45, 7) is 4.29. The van der Waals surface area contributed by atoms with Crippen molar-refractivity contribution in [3.8, 4) is 6.07 Å². The van der Waals surface area contributed by atoms with E-state index in [1.165, 1.54) is 0 Å². The van der Waals surface area contributed by atoms with E-state index in [-0.39, 0.29) is 5.75 Å². The van der Waals surface area contributed by atoms with Gasteiger partial charge in [0.25, 0.3) is 0 Å². The highest BCUT2D eigenvalue weighted by Crippen LogP contribution is 2.28. The fourth-order valence-electron chi connectivity index (χ4n) is 2.32. The van der Waals surface area contributed by atoms with Crippen LogP contribution in [0.25, 0.3) is 0 Å². The summed E-state index contributed by atoms with van der Waals surface area (Å²) in [6, 6.07) is 7.66. The predicted molar refractivity (Wildman–Crippen MR) is 83.8 cm³/mol. The Balaban J connectivity index is 2.38. The summed E-state index contributed by atoms with van der Waals surface area (Å²) in [5.74, 6) is 1.69. The molecule has 0 amide bonds. The second-order valence-electron chi connectivity index (χ2n) is 4.79. The van der Waals surface area contributed by atoms with Gasteiger partial charge in [-0.1, -0.05) is 6.92 Å². The summed E-state index contributed by atoms with van der Waals surface area (Å²) < 4.78 is 24.5. The summed E-state index contributed by atoms with van der Waals surface area (Å²) in [5, 5.41) is 8.52. The zero-order chi connectivity index (χ0) is 14.8. The molecular formula is C14H18N2O2S2. The van der Waals surface area contributed by atoms with Crippen molar-refractivity contribution in [3.05, 3.63) is 29.3 Å². The minimum atomic E-state index is -3.11. The highest BCUT2D eigenvalue weighted by Gasteiger charge is 2.33. The molecule has 0 bridgehead atoms. The van der Waals surface area contributed by atoms with Gasteiger partial charge in [0.2, 0.25) is 0 Å². The number of benzene rings is 1. The number of hydrogen-bond donors (Lipinski definition) is 0. The third-order valence-electron chi connectivity index (χ3n) is 3.56. The van der Waals surface area contributed by atoms with Crippen LogP contribution in [-0.4, -0.2) is 37.6 Å². The molecule has 20 heavy (non-hydrogen) atoms. The first-order valence-electron chi connectivity index (χ1n) is 6.56. The highest BCUT2D eigenvalue weighted by molar-refractivity contribution is 8.01. The van der Waals surface area contributed by atoms with E-state index in [1.54, 1.807) is 24.8 Å². The monoisotopic (exact) mass is 310 g/mol. The maximum atomic E-state index is 12.2. The van der Waals surface area contributed by atoms with Crippen molar-refractivity contribution in [2.24, 2.45) is 0 Å². The Morgan fingerprint density at radius 2 is 2.25 bits per heavy atom. The summed E-state index contributed by atoms with van der Waals surface area (Å²) in [6.07, 6.45) is 0. The third-order valence-corrected chi connectivity index (χ3v) is 6.85. The molecule has 1 saturated heterocycles. The summed E-state index contributed by atoms with van der Waals surface area (Å²) in [5.41, 5.74) is 2.41. The molecule has 1 unspecified atom stereocenters. The van der Waals surface area contributed by atoms with Crippen LogP contribution < -0.4 is 4.90 Å². The van der Waals surface area contributed by atoms with Gasteiger partial charge in [-0.05, 0) is 30.7 Å². The van der Waals surface area contributed by atoms with Gasteiger partial charge in [-0.15, -0.1) is 0 Å². The normalized spacial score (nSPS) is 19.6. The molecule has 0 saturated carbocycles. The molecule has 0 aliphatic carbocycles. The third kappa shape index (κ3) is 2.94. The molecule has 0 radical (unpaired) electrons. The average molecular weight is 310 g/mol. The quantitative estimate of drug-likeness (QED) is 0.856. The van der Waals surface area contributed by atoms with Crippen LogP contribution in [0, 0.1) is 18.3 Å². The minimum Gasteiger partial charge on any atom is -0.353 e. The Morgan fingerprint density at radius 1 is 1.50 bits per heavy atom. The first-order chi connectivity index (χ1) is 9.49. The largest absolute Gasteiger partial charge is 0.353 e. The number of nitriles is 1. The minimum absolute atomic E-state index is 0.157. The van der Waals surface area contributed by atoms with E-state index in [2.05, 4.69) is 6.07 Å². The van der Waals surface area contributed by atoms with Gasteiger partial charge in [0.15, 0.2) is 9.84 Å². The van der Waals surface area contributed by atoms with E-state index < -0.39 is 15.2 Å². The van der Waals surface area contributed by atoms with Crippen LogP contribution in [0.5, 0.6) is 0 Å². The first kappa shape index (κ1) is 15.2. The topological polar surface area (TPSA) is 61.2 Å². The molecule has 108 valence electrons. The molecule has 4 nitrogen and oxygen atoms in total. The van der Waals surface area contributed by atoms with Crippen LogP contribution in [0.2, 0.25) is 0 Å². The number of thioether (sulfide) groups is 1. The number of nitrogens with zero attached hydrogens (tertiary/aromatic N) is 2. The van der Waals surface area contributed by atoms with Gasteiger partial charge in [0.1, 0.15) is 5.37 Å². The smallest absolute Gasteiger partial charge is 0.171 e. The van der Waals surface area contributed by atoms with Crippen LogP contribution in [0.4, 0.5) is 5.69 Å². The van der Waals surface area contributed by atoms with Crippen LogP contribution in [0.3, 0.4) is 0 Å². The van der Waals surface area contributed by atoms with Crippen molar-refractivity contribution in [2.75, 3.05) is 28.7 Å². The maximum absolute atomic E-state index is 12.2. The lowest BCUT2D eigenvalue weighted by molar-refractivity contribution is 0.579. The Bertz CT molecular complexity index is 635. The molecule has 1 fully saturated rings. The number of anilines is 1. The lowest BCUT2D eigenvalue weighted by atomic mass is 10.1. The van der Waals surface area contributed by atoms with E-state index in [4.69, 9.17) is 5.26 Å². The number of aryl methyl sites for hydroxylation is 1. The molecule has 1 atom stereocenters. The molecule has 1 aliphatic heterocycles. The van der Waals surface area contributed by atoms with E-state index in [1.807, 2.05) is 24.0 Å². The van der Waals surface area contributed by atoms with Crippen molar-refractivity contribution < 1.29 is 8.42 Å². The predicted octanol–water partition coefficient (Wildman–Crippen LogP) is 2.18. The van der Waals surface area contributed by atoms with E-state index in [0.29, 0.717) is 11.3 Å². The highest BCUT2D eigenvalue weighted by atomic mass is 32.2. The molecule has 1 heterocycles. The van der Waals surface area contributed by atoms with E-state index in [0.717, 1.165) is 23.5 Å². The number of sulfone groups is 1. The lowest BCUT2D eigenvalue weighted by Crippen LogP contribution is -2.48. The van der Waals surface area contributed by atoms with Gasteiger partial charge in [0, 0.05) is 29.5 Å². The van der Waals surface area contributed by atoms with Crippen molar-refractivity contribution >= 4 is 27.3 Å². The van der Waals surface area contributed by atoms with Gasteiger partial charge < -0.3 is 4.90 Å². The Hall–Kier alpha value is -1.19. The number of rotatable bonds is 3. The Morgan fingerprint density at radius 3 is 2.85 bits per heavy atom. The summed E-state index contributed by atoms with van der Waals surface area (Å²) in [7, 11) is -3.11. The summed E-state index contributed by atoms with van der Waals surface area (Å²) in [4.78, 5) is 1.96. The molecular weight excluding hydrogens is 292 g/mol. The van der Waals surface area contributed by atoms with Crippen LogP contribution in [0.15, 0.2) is 18.2 Å². The molecule has 1 aromatic carbocycles. The average Bonchev–Trinajstić information content (AvgIpc) is 2.47. The molecule has 1 aromatic rings. The van der Waals surface area contributed by atoms with Crippen molar-refractivity contribution in [2.45, 2.75) is 19.2 Å². The van der Waals surface area contributed by atoms with Gasteiger partial charge in [-0.2, -0.15) is 17.0 Å². The molecule has 0 aromatic heterocycles. The second-order valence-corrected chi connectivity index (χ2v) is 8.38. The zero-order valence-corrected chi connectivity index (χ0v) is 13.3. The number of hydrogen-bond acceptors (Lipinski definition) is 5. The van der Waals surface area contributed by atoms with Gasteiger partial charge >= 0.3 is 0 Å². The molecule has 0 N–H and O–H groups in total. The Kier molecular flexibility index (Phi) is 4.61. The zero-order valence-electron chi connectivity index (χ0n) is 11.7. The lowest BCUT2D eigenvalue weighted by Gasteiger charge is -2.36. The fraction of sp³-hybridized carbons (Fsp3) is 0.500.